The average molecular weight is 415 g/mol. The van der Waals surface area contributed by atoms with Crippen LogP contribution in [-0.4, -0.2) is 57.5 Å². The Kier molecular flexibility index (Phi) is 6.82. The number of anilines is 1. The van der Waals surface area contributed by atoms with Crippen LogP contribution in [0.5, 0.6) is 0 Å². The fraction of sp³-hybridized carbons (Fsp3) is 0.727. The van der Waals surface area contributed by atoms with Crippen LogP contribution in [0.3, 0.4) is 0 Å². The summed E-state index contributed by atoms with van der Waals surface area (Å²) in [7, 11) is 0. The summed E-state index contributed by atoms with van der Waals surface area (Å²) in [4.78, 5) is 23.4. The van der Waals surface area contributed by atoms with Gasteiger partial charge in [0.25, 0.3) is 0 Å². The van der Waals surface area contributed by atoms with Crippen molar-refractivity contribution in [2.45, 2.75) is 77.5 Å². The predicted molar refractivity (Wildman–Crippen MR) is 116 cm³/mol. The van der Waals surface area contributed by atoms with E-state index in [1.807, 2.05) is 10.9 Å². The van der Waals surface area contributed by atoms with E-state index >= 15 is 0 Å². The first-order valence-corrected chi connectivity index (χ1v) is 11.4. The number of rotatable bonds is 7. The molecule has 2 fully saturated rings. The molecule has 0 spiro atoms. The first-order valence-electron chi connectivity index (χ1n) is 11.4. The smallest absolute Gasteiger partial charge is 0.220 e. The topological polar surface area (TPSA) is 85.2 Å². The molecule has 2 aromatic heterocycles. The lowest BCUT2D eigenvalue weighted by Gasteiger charge is -2.36. The highest BCUT2D eigenvalue weighted by atomic mass is 16.5. The fourth-order valence-corrected chi connectivity index (χ4v) is 4.85. The zero-order valence-electron chi connectivity index (χ0n) is 18.2. The van der Waals surface area contributed by atoms with Gasteiger partial charge in [-0.25, -0.2) is 14.6 Å². The van der Waals surface area contributed by atoms with Crippen LogP contribution in [0.15, 0.2) is 12.5 Å². The van der Waals surface area contributed by atoms with E-state index in [0.29, 0.717) is 19.5 Å². The van der Waals surface area contributed by atoms with E-state index < -0.39 is 0 Å². The molecule has 8 nitrogen and oxygen atoms in total. The highest BCUT2D eigenvalue weighted by Crippen LogP contribution is 2.27. The number of ether oxygens (including phenoxy) is 1. The third-order valence-electron chi connectivity index (χ3n) is 6.28. The first-order chi connectivity index (χ1) is 14.6. The van der Waals surface area contributed by atoms with Crippen molar-refractivity contribution >= 4 is 22.8 Å². The molecule has 0 radical (unpaired) electrons. The maximum absolute atomic E-state index is 12.2. The van der Waals surface area contributed by atoms with Crippen LogP contribution in [0.4, 0.5) is 5.82 Å². The number of hydrogen-bond donors (Lipinski definition) is 1. The van der Waals surface area contributed by atoms with Crippen molar-refractivity contribution < 1.29 is 9.53 Å². The Morgan fingerprint density at radius 1 is 1.17 bits per heavy atom. The molecule has 164 valence electrons. The summed E-state index contributed by atoms with van der Waals surface area (Å²) < 4.78 is 7.70. The number of nitrogens with one attached hydrogen (secondary N) is 1. The molecule has 1 saturated carbocycles. The van der Waals surface area contributed by atoms with Gasteiger partial charge in [0.15, 0.2) is 5.65 Å². The van der Waals surface area contributed by atoms with Gasteiger partial charge in [-0.15, -0.1) is 0 Å². The van der Waals surface area contributed by atoms with Gasteiger partial charge in [0.1, 0.15) is 12.1 Å². The number of nitrogens with zero attached hydrogens (tertiary/aromatic N) is 5. The van der Waals surface area contributed by atoms with Crippen LogP contribution >= 0.6 is 0 Å². The van der Waals surface area contributed by atoms with Crippen molar-refractivity contribution in [3.05, 3.63) is 12.5 Å². The summed E-state index contributed by atoms with van der Waals surface area (Å²) in [6, 6.07) is 0. The molecule has 8 heteroatoms. The maximum atomic E-state index is 12.2. The van der Waals surface area contributed by atoms with Crippen molar-refractivity contribution in [3.63, 3.8) is 0 Å². The van der Waals surface area contributed by atoms with Crippen LogP contribution in [0.1, 0.15) is 58.8 Å². The highest BCUT2D eigenvalue weighted by molar-refractivity contribution is 5.86. The molecule has 2 aliphatic rings. The van der Waals surface area contributed by atoms with Crippen molar-refractivity contribution in [2.24, 2.45) is 5.92 Å². The van der Waals surface area contributed by atoms with Gasteiger partial charge in [0, 0.05) is 26.1 Å². The van der Waals surface area contributed by atoms with Gasteiger partial charge < -0.3 is 15.0 Å². The standard InChI is InChI=1S/C22H34N6O2/c1-16-13-27(14-17(2)30-16)21-19-12-26-28(22(19)25-15-24-21)11-10-23-20(29)9-8-18-6-4-3-5-7-18/h12,15-18H,3-11,13-14H2,1-2H3,(H,23,29). The molecule has 2 aromatic rings. The number of morpholine rings is 1. The summed E-state index contributed by atoms with van der Waals surface area (Å²) in [6.07, 6.45) is 12.0. The van der Waals surface area contributed by atoms with Gasteiger partial charge in [-0.05, 0) is 26.2 Å². The Bertz CT molecular complexity index is 837. The number of carbonyl (C=O) groups is 1. The molecule has 1 N–H and O–H groups in total. The van der Waals surface area contributed by atoms with Crippen molar-refractivity contribution in [1.29, 1.82) is 0 Å². The third-order valence-corrected chi connectivity index (χ3v) is 6.28. The molecule has 30 heavy (non-hydrogen) atoms. The quantitative estimate of drug-likeness (QED) is 0.750. The molecule has 2 atom stereocenters. The normalized spacial score (nSPS) is 23.1. The molecule has 1 aliphatic carbocycles. The number of hydrogen-bond acceptors (Lipinski definition) is 6. The zero-order valence-corrected chi connectivity index (χ0v) is 18.2. The SMILES string of the molecule is CC1CN(c2ncnc3c2cnn3CCNC(=O)CCC2CCCCC2)CC(C)O1. The van der Waals surface area contributed by atoms with E-state index in [1.54, 1.807) is 6.33 Å². The van der Waals surface area contributed by atoms with Crippen molar-refractivity contribution in [1.82, 2.24) is 25.1 Å². The van der Waals surface area contributed by atoms with Gasteiger partial charge >= 0.3 is 0 Å². The van der Waals surface area contributed by atoms with Gasteiger partial charge in [-0.2, -0.15) is 5.10 Å². The van der Waals surface area contributed by atoms with Gasteiger partial charge in [-0.3, -0.25) is 4.79 Å². The minimum Gasteiger partial charge on any atom is -0.372 e. The van der Waals surface area contributed by atoms with Crippen LogP contribution < -0.4 is 10.2 Å². The molecule has 0 aromatic carbocycles. The fourth-order valence-electron chi connectivity index (χ4n) is 4.85. The van der Waals surface area contributed by atoms with Crippen LogP contribution in [0.2, 0.25) is 0 Å². The lowest BCUT2D eigenvalue weighted by Crippen LogP contribution is -2.45. The highest BCUT2D eigenvalue weighted by Gasteiger charge is 2.25. The molecule has 1 amide bonds. The summed E-state index contributed by atoms with van der Waals surface area (Å²) in [5.41, 5.74) is 0.809. The van der Waals surface area contributed by atoms with Crippen LogP contribution in [0, 0.1) is 5.92 Å². The number of aromatic nitrogens is 4. The summed E-state index contributed by atoms with van der Waals surface area (Å²) in [5, 5.41) is 8.50. The summed E-state index contributed by atoms with van der Waals surface area (Å²) in [6.45, 7) is 6.94. The lowest BCUT2D eigenvalue weighted by molar-refractivity contribution is -0.121. The van der Waals surface area contributed by atoms with Crippen molar-refractivity contribution in [3.8, 4) is 0 Å². The van der Waals surface area contributed by atoms with E-state index in [9.17, 15) is 4.79 Å². The maximum Gasteiger partial charge on any atom is 0.220 e. The molecular formula is C22H34N6O2. The number of carbonyl (C=O) groups excluding carboxylic acids is 1. The van der Waals surface area contributed by atoms with Crippen molar-refractivity contribution in [2.75, 3.05) is 24.5 Å². The molecule has 2 unspecified atom stereocenters. The van der Waals surface area contributed by atoms with Crippen LogP contribution in [0.25, 0.3) is 11.0 Å². The Hall–Kier alpha value is -2.22. The van der Waals surface area contributed by atoms with E-state index in [1.165, 1.54) is 32.1 Å². The summed E-state index contributed by atoms with van der Waals surface area (Å²) in [5.74, 6) is 1.79. The molecule has 3 heterocycles. The molecule has 4 rings (SSSR count). The third kappa shape index (κ3) is 5.09. The average Bonchev–Trinajstić information content (AvgIpc) is 3.15. The first kappa shape index (κ1) is 21.0. The Morgan fingerprint density at radius 2 is 1.93 bits per heavy atom. The molecule has 1 aliphatic heterocycles. The van der Waals surface area contributed by atoms with Gasteiger partial charge in [0.05, 0.1) is 30.3 Å². The second-order valence-electron chi connectivity index (χ2n) is 8.86. The van der Waals surface area contributed by atoms with E-state index in [-0.39, 0.29) is 18.1 Å². The van der Waals surface area contributed by atoms with E-state index in [2.05, 4.69) is 39.1 Å². The van der Waals surface area contributed by atoms with E-state index in [0.717, 1.165) is 42.3 Å². The second kappa shape index (κ2) is 9.73. The van der Waals surface area contributed by atoms with Gasteiger partial charge in [-0.1, -0.05) is 32.1 Å². The minimum absolute atomic E-state index is 0.142. The Balaban J connectivity index is 1.32. The lowest BCUT2D eigenvalue weighted by atomic mass is 9.86. The molecule has 0 bridgehead atoms. The zero-order chi connectivity index (χ0) is 20.9. The van der Waals surface area contributed by atoms with E-state index in [4.69, 9.17) is 4.74 Å². The Labute approximate surface area is 178 Å². The minimum atomic E-state index is 0.142. The Morgan fingerprint density at radius 3 is 2.70 bits per heavy atom. The number of amides is 1. The summed E-state index contributed by atoms with van der Waals surface area (Å²) >= 11 is 0. The second-order valence-corrected chi connectivity index (χ2v) is 8.86. The monoisotopic (exact) mass is 414 g/mol. The largest absolute Gasteiger partial charge is 0.372 e. The van der Waals surface area contributed by atoms with Gasteiger partial charge in [0.2, 0.25) is 5.91 Å². The molecular weight excluding hydrogens is 380 g/mol. The van der Waals surface area contributed by atoms with Crippen LogP contribution in [-0.2, 0) is 16.1 Å². The molecule has 1 saturated heterocycles. The predicted octanol–water partition coefficient (Wildman–Crippen LogP) is 2.92. The number of fused-ring (bicyclic) bond motifs is 1.